The predicted molar refractivity (Wildman–Crippen MR) is 130 cm³/mol. The van der Waals surface area contributed by atoms with E-state index in [4.69, 9.17) is 0 Å². The molecule has 4 unspecified atom stereocenters. The molecule has 4 atom stereocenters. The molecule has 5 heteroatoms. The predicted octanol–water partition coefficient (Wildman–Crippen LogP) is 5.24. The van der Waals surface area contributed by atoms with Gasteiger partial charge in [-0.25, -0.2) is 9.36 Å². The first kappa shape index (κ1) is 19.5. The zero-order valence-electron chi connectivity index (χ0n) is 18.7. The summed E-state index contributed by atoms with van der Waals surface area (Å²) in [4.78, 5) is 18.8. The van der Waals surface area contributed by atoms with Crippen LogP contribution in [-0.4, -0.2) is 21.8 Å². The first-order valence-corrected chi connectivity index (χ1v) is 11.8. The Hall–Kier alpha value is -3.21. The molecule has 0 radical (unpaired) electrons. The summed E-state index contributed by atoms with van der Waals surface area (Å²) >= 11 is 0. The highest BCUT2D eigenvalue weighted by Crippen LogP contribution is 2.49. The SMILES string of the molecule is Cc1ccc(NC2C=Cc3[nH]c(=O)n(-c4ccc(C)cc4)c3N2C2CC3CCC2C3)cc1. The zero-order chi connectivity index (χ0) is 21.8. The molecule has 0 saturated heterocycles. The molecule has 3 aliphatic rings. The van der Waals surface area contributed by atoms with Crippen LogP contribution in [0.1, 0.15) is 42.5 Å². The van der Waals surface area contributed by atoms with Crippen molar-refractivity contribution in [2.24, 2.45) is 11.8 Å². The maximum absolute atomic E-state index is 13.1. The summed E-state index contributed by atoms with van der Waals surface area (Å²) in [6.45, 7) is 4.18. The molecule has 2 N–H and O–H groups in total. The summed E-state index contributed by atoms with van der Waals surface area (Å²) in [7, 11) is 0. The molecule has 1 aromatic heterocycles. The van der Waals surface area contributed by atoms with Crippen molar-refractivity contribution in [2.45, 2.75) is 51.7 Å². The molecule has 1 aliphatic heterocycles. The number of aromatic amines is 1. The van der Waals surface area contributed by atoms with E-state index in [1.807, 2.05) is 16.7 Å². The van der Waals surface area contributed by atoms with Gasteiger partial charge in [0.05, 0.1) is 11.4 Å². The van der Waals surface area contributed by atoms with E-state index < -0.39 is 0 Å². The molecule has 2 heterocycles. The quantitative estimate of drug-likeness (QED) is 0.600. The smallest absolute Gasteiger partial charge is 0.332 e. The lowest BCUT2D eigenvalue weighted by atomic mass is 9.92. The first-order chi connectivity index (χ1) is 15.6. The van der Waals surface area contributed by atoms with E-state index in [0.717, 1.165) is 28.8 Å². The van der Waals surface area contributed by atoms with Gasteiger partial charge in [-0.05, 0) is 81.4 Å². The number of anilines is 2. The number of fused-ring (bicyclic) bond motifs is 3. The second-order valence-electron chi connectivity index (χ2n) is 9.80. The minimum Gasteiger partial charge on any atom is -0.362 e. The van der Waals surface area contributed by atoms with Crippen molar-refractivity contribution in [1.82, 2.24) is 9.55 Å². The Bertz CT molecular complexity index is 1220. The van der Waals surface area contributed by atoms with Gasteiger partial charge in [0.25, 0.3) is 0 Å². The molecule has 2 saturated carbocycles. The van der Waals surface area contributed by atoms with Gasteiger partial charge in [-0.3, -0.25) is 0 Å². The maximum atomic E-state index is 13.1. The fourth-order valence-electron chi connectivity index (χ4n) is 6.01. The van der Waals surface area contributed by atoms with Crippen LogP contribution in [0, 0.1) is 25.7 Å². The molecular formula is C27H30N4O. The largest absolute Gasteiger partial charge is 0.362 e. The highest BCUT2D eigenvalue weighted by Gasteiger charge is 2.46. The normalized spacial score (nSPS) is 25.9. The molecule has 3 aromatic rings. The minimum atomic E-state index is -0.0763. The van der Waals surface area contributed by atoms with Crippen molar-refractivity contribution in [2.75, 3.05) is 10.2 Å². The van der Waals surface area contributed by atoms with Gasteiger partial charge in [-0.2, -0.15) is 0 Å². The second-order valence-corrected chi connectivity index (χ2v) is 9.80. The zero-order valence-corrected chi connectivity index (χ0v) is 18.7. The van der Waals surface area contributed by atoms with Crippen molar-refractivity contribution in [3.8, 4) is 5.69 Å². The van der Waals surface area contributed by atoms with Crippen LogP contribution < -0.4 is 15.9 Å². The first-order valence-electron chi connectivity index (χ1n) is 11.8. The lowest BCUT2D eigenvalue weighted by molar-refractivity contribution is 0.382. The number of hydrogen-bond acceptors (Lipinski definition) is 3. The molecule has 0 amide bonds. The maximum Gasteiger partial charge on any atom is 0.332 e. The molecule has 0 spiro atoms. The average Bonchev–Trinajstić information content (AvgIpc) is 3.50. The lowest BCUT2D eigenvalue weighted by Gasteiger charge is -2.43. The van der Waals surface area contributed by atoms with Gasteiger partial charge >= 0.3 is 5.69 Å². The van der Waals surface area contributed by atoms with Crippen molar-refractivity contribution < 1.29 is 0 Å². The van der Waals surface area contributed by atoms with Crippen molar-refractivity contribution in [3.63, 3.8) is 0 Å². The fourth-order valence-corrected chi connectivity index (χ4v) is 6.01. The standard InChI is InChI=1S/C27H30N4O/c1-17-3-9-21(10-4-17)28-25-14-13-23-26(31(25)24-16-19-7-8-20(24)15-19)30(27(32)29-23)22-11-5-18(2)6-12-22/h3-6,9-14,19-20,24-25,28H,7-8,15-16H2,1-2H3,(H,29,32). The van der Waals surface area contributed by atoms with E-state index in [0.29, 0.717) is 12.0 Å². The topological polar surface area (TPSA) is 53.1 Å². The van der Waals surface area contributed by atoms with Crippen LogP contribution in [0.2, 0.25) is 0 Å². The van der Waals surface area contributed by atoms with Crippen molar-refractivity contribution >= 4 is 17.6 Å². The molecule has 6 rings (SSSR count). The number of hydrogen-bond donors (Lipinski definition) is 2. The molecule has 5 nitrogen and oxygen atoms in total. The van der Waals surface area contributed by atoms with Crippen LogP contribution in [0.5, 0.6) is 0 Å². The van der Waals surface area contributed by atoms with Crippen molar-refractivity contribution in [3.05, 3.63) is 81.9 Å². The van der Waals surface area contributed by atoms with Crippen LogP contribution in [0.25, 0.3) is 11.8 Å². The molecular weight excluding hydrogens is 396 g/mol. The van der Waals surface area contributed by atoms with Crippen molar-refractivity contribution in [1.29, 1.82) is 0 Å². The molecule has 2 fully saturated rings. The number of benzene rings is 2. The van der Waals surface area contributed by atoms with Gasteiger partial charge in [-0.1, -0.05) is 41.8 Å². The van der Waals surface area contributed by atoms with E-state index in [2.05, 4.69) is 77.6 Å². The number of nitrogens with zero attached hydrogens (tertiary/aromatic N) is 2. The van der Waals surface area contributed by atoms with Crippen LogP contribution >= 0.6 is 0 Å². The van der Waals surface area contributed by atoms with Crippen LogP contribution in [-0.2, 0) is 0 Å². The van der Waals surface area contributed by atoms with Gasteiger partial charge in [-0.15, -0.1) is 0 Å². The Morgan fingerprint density at radius 2 is 1.66 bits per heavy atom. The van der Waals surface area contributed by atoms with Crippen LogP contribution in [0.4, 0.5) is 11.5 Å². The Kier molecular flexibility index (Phi) is 4.53. The summed E-state index contributed by atoms with van der Waals surface area (Å²) in [5, 5.41) is 3.74. The molecule has 2 bridgehead atoms. The molecule has 2 aromatic carbocycles. The van der Waals surface area contributed by atoms with Gasteiger partial charge in [0.1, 0.15) is 12.0 Å². The van der Waals surface area contributed by atoms with E-state index in [1.165, 1.54) is 36.8 Å². The third-order valence-electron chi connectivity index (χ3n) is 7.60. The summed E-state index contributed by atoms with van der Waals surface area (Å²) in [6, 6.07) is 17.2. The minimum absolute atomic E-state index is 0.00135. The number of H-pyrrole nitrogens is 1. The van der Waals surface area contributed by atoms with E-state index in [1.54, 1.807) is 0 Å². The van der Waals surface area contributed by atoms with Crippen LogP contribution in [0.15, 0.2) is 59.4 Å². The molecule has 164 valence electrons. The Balaban J connectivity index is 1.46. The summed E-state index contributed by atoms with van der Waals surface area (Å²) < 4.78 is 1.87. The van der Waals surface area contributed by atoms with Gasteiger partial charge < -0.3 is 15.2 Å². The lowest BCUT2D eigenvalue weighted by Crippen LogP contribution is -2.51. The summed E-state index contributed by atoms with van der Waals surface area (Å²) in [5.74, 6) is 2.50. The Morgan fingerprint density at radius 3 is 2.31 bits per heavy atom. The van der Waals surface area contributed by atoms with E-state index in [9.17, 15) is 4.79 Å². The number of aromatic nitrogens is 2. The fraction of sp³-hybridized carbons (Fsp3) is 0.370. The van der Waals surface area contributed by atoms with Gasteiger partial charge in [0.2, 0.25) is 0 Å². The Morgan fingerprint density at radius 1 is 0.938 bits per heavy atom. The number of nitrogens with one attached hydrogen (secondary N) is 2. The Labute approximate surface area is 188 Å². The second kappa shape index (κ2) is 7.44. The van der Waals surface area contributed by atoms with Gasteiger partial charge in [0, 0.05) is 11.7 Å². The number of aryl methyl sites for hydroxylation is 2. The number of rotatable bonds is 4. The number of imidazole rings is 1. The highest BCUT2D eigenvalue weighted by molar-refractivity contribution is 5.71. The van der Waals surface area contributed by atoms with Gasteiger partial charge in [0.15, 0.2) is 0 Å². The van der Waals surface area contributed by atoms with E-state index in [-0.39, 0.29) is 11.9 Å². The molecule has 32 heavy (non-hydrogen) atoms. The average molecular weight is 427 g/mol. The monoisotopic (exact) mass is 426 g/mol. The third-order valence-corrected chi connectivity index (χ3v) is 7.60. The van der Waals surface area contributed by atoms with Crippen LogP contribution in [0.3, 0.4) is 0 Å². The summed E-state index contributed by atoms with van der Waals surface area (Å²) in [6.07, 6.45) is 9.43. The van der Waals surface area contributed by atoms with E-state index >= 15 is 0 Å². The molecule has 2 aliphatic carbocycles. The third kappa shape index (κ3) is 3.19. The summed E-state index contributed by atoms with van der Waals surface area (Å²) in [5.41, 5.74) is 5.28. The highest BCUT2D eigenvalue weighted by atomic mass is 16.1.